The molecule has 0 aromatic heterocycles. The lowest BCUT2D eigenvalue weighted by molar-refractivity contribution is -0.146. The fourth-order valence-electron chi connectivity index (χ4n) is 1.48. The molecule has 0 aliphatic carbocycles. The number of carbonyl (C=O) groups excluding carboxylic acids is 1. The van der Waals surface area contributed by atoms with E-state index in [9.17, 15) is 9.59 Å². The maximum absolute atomic E-state index is 11.4. The zero-order valence-electron chi connectivity index (χ0n) is 15.6. The fourth-order valence-corrected chi connectivity index (χ4v) is 1.48. The second-order valence-corrected chi connectivity index (χ2v) is 5.95. The number of rotatable bonds is 9. The van der Waals surface area contributed by atoms with Crippen molar-refractivity contribution in [3.63, 3.8) is 0 Å². The number of esters is 1. The molecule has 4 nitrogen and oxygen atoms in total. The van der Waals surface area contributed by atoms with Gasteiger partial charge in [-0.2, -0.15) is 0 Å². The highest BCUT2D eigenvalue weighted by Gasteiger charge is 2.10. The number of carbonyl (C=O) groups is 2. The van der Waals surface area contributed by atoms with Crippen LogP contribution in [0.4, 0.5) is 0 Å². The molecule has 0 radical (unpaired) electrons. The van der Waals surface area contributed by atoms with Gasteiger partial charge in [0.25, 0.3) is 0 Å². The third-order valence-corrected chi connectivity index (χ3v) is 3.23. The van der Waals surface area contributed by atoms with Crippen LogP contribution in [0, 0.1) is 5.92 Å². The predicted molar refractivity (Wildman–Crippen MR) is 95.4 cm³/mol. The van der Waals surface area contributed by atoms with Crippen LogP contribution in [-0.2, 0) is 14.3 Å². The number of ether oxygens (including phenoxy) is 1. The van der Waals surface area contributed by atoms with Crippen LogP contribution in [0.2, 0.25) is 0 Å². The molecule has 4 heteroatoms. The number of aliphatic carboxylic acids is 1. The third-order valence-electron chi connectivity index (χ3n) is 3.23. The highest BCUT2D eigenvalue weighted by molar-refractivity contribution is 5.71. The fraction of sp³-hybridized carbons (Fsp3) is 0.684. The summed E-state index contributed by atoms with van der Waals surface area (Å²) in [6.45, 7) is 12.4. The summed E-state index contributed by atoms with van der Waals surface area (Å²) < 4.78 is 5.16. The summed E-state index contributed by atoms with van der Waals surface area (Å²) >= 11 is 0. The topological polar surface area (TPSA) is 63.6 Å². The van der Waals surface area contributed by atoms with Crippen molar-refractivity contribution < 1.29 is 19.4 Å². The van der Waals surface area contributed by atoms with Crippen LogP contribution >= 0.6 is 0 Å². The van der Waals surface area contributed by atoms with E-state index in [4.69, 9.17) is 9.84 Å². The molecule has 1 N–H and O–H groups in total. The molecule has 0 heterocycles. The third kappa shape index (κ3) is 18.4. The summed E-state index contributed by atoms with van der Waals surface area (Å²) in [5.74, 6) is -0.798. The van der Waals surface area contributed by atoms with Gasteiger partial charge in [0.15, 0.2) is 0 Å². The molecular formula is C19H34O4. The molecule has 0 saturated heterocycles. The van der Waals surface area contributed by atoms with E-state index in [1.807, 2.05) is 26.8 Å². The standard InChI is InChI=1S/C15H26O2.C4H8O2/c1-6-14(5)15(16)17-11-10-13(4)9-7-8-12(2)3;1-2-3-4(5)6/h8,10,14H,6-7,9,11H2,1-5H3;2-3H2,1H3,(H,5,6)/b13-10+;. The van der Waals surface area contributed by atoms with Crippen molar-refractivity contribution in [2.75, 3.05) is 6.61 Å². The van der Waals surface area contributed by atoms with Gasteiger partial charge in [-0.15, -0.1) is 0 Å². The Kier molecular flexibility index (Phi) is 15.8. The van der Waals surface area contributed by atoms with Crippen LogP contribution in [0.5, 0.6) is 0 Å². The molecule has 0 bridgehead atoms. The zero-order chi connectivity index (χ0) is 18.3. The van der Waals surface area contributed by atoms with Gasteiger partial charge in [-0.3, -0.25) is 9.59 Å². The van der Waals surface area contributed by atoms with Crippen LogP contribution in [0.3, 0.4) is 0 Å². The number of allylic oxidation sites excluding steroid dienone is 3. The van der Waals surface area contributed by atoms with Crippen molar-refractivity contribution in [2.45, 2.75) is 73.6 Å². The maximum Gasteiger partial charge on any atom is 0.308 e. The van der Waals surface area contributed by atoms with Gasteiger partial charge < -0.3 is 9.84 Å². The summed E-state index contributed by atoms with van der Waals surface area (Å²) in [6, 6.07) is 0. The summed E-state index contributed by atoms with van der Waals surface area (Å²) in [7, 11) is 0. The lowest BCUT2D eigenvalue weighted by atomic mass is 10.1. The van der Waals surface area contributed by atoms with Crippen molar-refractivity contribution >= 4 is 11.9 Å². The first-order valence-corrected chi connectivity index (χ1v) is 8.41. The van der Waals surface area contributed by atoms with Gasteiger partial charge in [0, 0.05) is 6.42 Å². The summed E-state index contributed by atoms with van der Waals surface area (Å²) in [4.78, 5) is 21.0. The summed E-state index contributed by atoms with van der Waals surface area (Å²) in [5.41, 5.74) is 2.63. The SMILES string of the molecule is CCC(C)C(=O)OC/C=C(\C)CCC=C(C)C.CCCC(=O)O. The minimum absolute atomic E-state index is 0.00869. The smallest absolute Gasteiger partial charge is 0.308 e. The Morgan fingerprint density at radius 3 is 2.09 bits per heavy atom. The first-order chi connectivity index (χ1) is 10.7. The molecule has 0 aromatic carbocycles. The molecular weight excluding hydrogens is 292 g/mol. The normalized spacial score (nSPS) is 11.8. The Labute approximate surface area is 141 Å². The second kappa shape index (κ2) is 15.3. The van der Waals surface area contributed by atoms with E-state index in [0.717, 1.165) is 25.7 Å². The Hall–Kier alpha value is -1.58. The molecule has 0 spiro atoms. The van der Waals surface area contributed by atoms with Gasteiger partial charge in [-0.25, -0.2) is 0 Å². The zero-order valence-corrected chi connectivity index (χ0v) is 15.6. The Morgan fingerprint density at radius 2 is 1.70 bits per heavy atom. The monoisotopic (exact) mass is 326 g/mol. The predicted octanol–water partition coefficient (Wildman–Crippen LogP) is 5.14. The highest BCUT2D eigenvalue weighted by Crippen LogP contribution is 2.07. The van der Waals surface area contributed by atoms with E-state index in [1.54, 1.807) is 0 Å². The molecule has 0 aliphatic heterocycles. The first-order valence-electron chi connectivity index (χ1n) is 8.41. The molecule has 1 atom stereocenters. The van der Waals surface area contributed by atoms with Crippen molar-refractivity contribution in [2.24, 2.45) is 5.92 Å². The minimum Gasteiger partial charge on any atom is -0.481 e. The van der Waals surface area contributed by atoms with Gasteiger partial charge in [-0.1, -0.05) is 38.0 Å². The molecule has 0 aromatic rings. The van der Waals surface area contributed by atoms with E-state index in [-0.39, 0.29) is 11.9 Å². The highest BCUT2D eigenvalue weighted by atomic mass is 16.5. The van der Waals surface area contributed by atoms with Gasteiger partial charge in [0.1, 0.15) is 6.61 Å². The second-order valence-electron chi connectivity index (χ2n) is 5.95. The number of carboxylic acids is 1. The van der Waals surface area contributed by atoms with Crippen LogP contribution in [-0.4, -0.2) is 23.7 Å². The minimum atomic E-state index is -0.711. The molecule has 23 heavy (non-hydrogen) atoms. The van der Waals surface area contributed by atoms with Crippen molar-refractivity contribution in [3.05, 3.63) is 23.3 Å². The quantitative estimate of drug-likeness (QED) is 0.470. The molecule has 134 valence electrons. The Bertz CT molecular complexity index is 390. The van der Waals surface area contributed by atoms with E-state index in [0.29, 0.717) is 13.0 Å². The largest absolute Gasteiger partial charge is 0.481 e. The Balaban J connectivity index is 0. The molecule has 0 rings (SSSR count). The van der Waals surface area contributed by atoms with Gasteiger partial charge in [0.05, 0.1) is 5.92 Å². The number of hydrogen-bond acceptors (Lipinski definition) is 3. The van der Waals surface area contributed by atoms with Crippen LogP contribution in [0.25, 0.3) is 0 Å². The van der Waals surface area contributed by atoms with Crippen LogP contribution < -0.4 is 0 Å². The molecule has 0 amide bonds. The lowest BCUT2D eigenvalue weighted by Gasteiger charge is -2.07. The average Bonchev–Trinajstić information content (AvgIpc) is 2.46. The molecule has 0 saturated carbocycles. The first kappa shape index (κ1) is 23.7. The average molecular weight is 326 g/mol. The molecule has 1 unspecified atom stereocenters. The lowest BCUT2D eigenvalue weighted by Crippen LogP contribution is -2.13. The summed E-state index contributed by atoms with van der Waals surface area (Å²) in [5, 5.41) is 7.91. The van der Waals surface area contributed by atoms with Gasteiger partial charge in [0.2, 0.25) is 0 Å². The molecule has 0 aliphatic rings. The summed E-state index contributed by atoms with van der Waals surface area (Å²) in [6.07, 6.45) is 8.18. The Morgan fingerprint density at radius 1 is 1.09 bits per heavy atom. The van der Waals surface area contributed by atoms with E-state index >= 15 is 0 Å². The molecule has 0 fully saturated rings. The van der Waals surface area contributed by atoms with E-state index in [2.05, 4.69) is 26.8 Å². The van der Waals surface area contributed by atoms with Gasteiger partial charge in [-0.05, 0) is 52.5 Å². The van der Waals surface area contributed by atoms with Crippen molar-refractivity contribution in [1.29, 1.82) is 0 Å². The van der Waals surface area contributed by atoms with Crippen molar-refractivity contribution in [1.82, 2.24) is 0 Å². The van der Waals surface area contributed by atoms with Gasteiger partial charge >= 0.3 is 11.9 Å². The number of carboxylic acid groups (broad SMARTS) is 1. The number of hydrogen-bond donors (Lipinski definition) is 1. The van der Waals surface area contributed by atoms with Crippen LogP contribution in [0.1, 0.15) is 73.6 Å². The van der Waals surface area contributed by atoms with E-state index < -0.39 is 5.97 Å². The van der Waals surface area contributed by atoms with Crippen molar-refractivity contribution in [3.8, 4) is 0 Å². The van der Waals surface area contributed by atoms with Crippen LogP contribution in [0.15, 0.2) is 23.3 Å². The van der Waals surface area contributed by atoms with E-state index in [1.165, 1.54) is 11.1 Å². The maximum atomic E-state index is 11.4.